The van der Waals surface area contributed by atoms with Crippen LogP contribution in [0.4, 0.5) is 13.2 Å². The summed E-state index contributed by atoms with van der Waals surface area (Å²) in [7, 11) is 4.48. The molecule has 0 aliphatic carbocycles. The van der Waals surface area contributed by atoms with Gasteiger partial charge in [0.25, 0.3) is 5.91 Å². The van der Waals surface area contributed by atoms with Gasteiger partial charge in [0.1, 0.15) is 17.4 Å². The maximum absolute atomic E-state index is 13.1. The van der Waals surface area contributed by atoms with E-state index in [-0.39, 0.29) is 24.7 Å². The summed E-state index contributed by atoms with van der Waals surface area (Å²) in [6, 6.07) is 7.06. The lowest BCUT2D eigenvalue weighted by atomic mass is 10.1. The summed E-state index contributed by atoms with van der Waals surface area (Å²) in [6.07, 6.45) is -3.96. The number of H-pyrrole nitrogens is 1. The number of benzene rings is 1. The third kappa shape index (κ3) is 4.43. The minimum Gasteiger partial charge on any atom is -0.493 e. The molecule has 3 aromatic rings. The van der Waals surface area contributed by atoms with Crippen LogP contribution in [0.2, 0.25) is 0 Å². The van der Waals surface area contributed by atoms with Crippen molar-refractivity contribution in [1.82, 2.24) is 20.1 Å². The van der Waals surface area contributed by atoms with Crippen molar-refractivity contribution < 1.29 is 36.9 Å². The van der Waals surface area contributed by atoms with Crippen molar-refractivity contribution in [2.45, 2.75) is 12.3 Å². The number of likely N-dealkylation sites (tertiary alicyclic amines) is 1. The van der Waals surface area contributed by atoms with Gasteiger partial charge in [-0.1, -0.05) is 0 Å². The van der Waals surface area contributed by atoms with E-state index < -0.39 is 23.7 Å². The summed E-state index contributed by atoms with van der Waals surface area (Å²) in [5.41, 5.74) is 0.364. The monoisotopic (exact) mass is 478 g/mol. The molecule has 3 heterocycles. The van der Waals surface area contributed by atoms with Crippen molar-refractivity contribution in [3.63, 3.8) is 0 Å². The summed E-state index contributed by atoms with van der Waals surface area (Å²) in [5, 5.41) is 6.88. The molecule has 9 nitrogen and oxygen atoms in total. The van der Waals surface area contributed by atoms with Gasteiger partial charge in [-0.2, -0.15) is 18.3 Å². The number of carbonyl (C=O) groups is 1. The highest BCUT2D eigenvalue weighted by Crippen LogP contribution is 2.41. The van der Waals surface area contributed by atoms with Crippen LogP contribution in [0, 0.1) is 0 Å². The molecule has 1 fully saturated rings. The van der Waals surface area contributed by atoms with Crippen LogP contribution in [0.1, 0.15) is 16.1 Å². The van der Waals surface area contributed by atoms with Crippen LogP contribution in [0.5, 0.6) is 23.1 Å². The predicted molar refractivity (Wildman–Crippen MR) is 113 cm³/mol. The molecule has 1 amide bonds. The molecule has 4 rings (SSSR count). The van der Waals surface area contributed by atoms with Gasteiger partial charge < -0.3 is 23.8 Å². The number of aromatic amines is 1. The Morgan fingerprint density at radius 3 is 2.35 bits per heavy atom. The Kier molecular flexibility index (Phi) is 6.22. The molecule has 1 N–H and O–H groups in total. The molecule has 180 valence electrons. The van der Waals surface area contributed by atoms with Crippen LogP contribution in [0.25, 0.3) is 11.3 Å². The van der Waals surface area contributed by atoms with Crippen LogP contribution >= 0.6 is 0 Å². The van der Waals surface area contributed by atoms with E-state index in [1.54, 1.807) is 18.2 Å². The number of halogens is 3. The fourth-order valence-electron chi connectivity index (χ4n) is 3.52. The highest BCUT2D eigenvalue weighted by Gasteiger charge is 2.39. The smallest absolute Gasteiger partial charge is 0.421 e. The maximum Gasteiger partial charge on any atom is 0.421 e. The quantitative estimate of drug-likeness (QED) is 0.556. The molecule has 1 aliphatic heterocycles. The lowest BCUT2D eigenvalue weighted by Gasteiger charge is -2.38. The molecule has 1 aromatic carbocycles. The first-order valence-electron chi connectivity index (χ1n) is 10.1. The largest absolute Gasteiger partial charge is 0.493 e. The minimum absolute atomic E-state index is 0.116. The molecule has 1 saturated heterocycles. The number of hydrogen-bond acceptors (Lipinski definition) is 7. The van der Waals surface area contributed by atoms with Crippen LogP contribution in [-0.2, 0) is 6.18 Å². The number of alkyl halides is 3. The normalized spacial score (nSPS) is 13.9. The Morgan fingerprint density at radius 1 is 1.09 bits per heavy atom. The summed E-state index contributed by atoms with van der Waals surface area (Å²) >= 11 is 0. The second kappa shape index (κ2) is 9.12. The Morgan fingerprint density at radius 2 is 1.76 bits per heavy atom. The lowest BCUT2D eigenvalue weighted by Crippen LogP contribution is -2.56. The van der Waals surface area contributed by atoms with Gasteiger partial charge in [0, 0.05) is 11.8 Å². The summed E-state index contributed by atoms with van der Waals surface area (Å²) in [6.45, 7) is 0.233. The molecule has 0 radical (unpaired) electrons. The van der Waals surface area contributed by atoms with Gasteiger partial charge in [-0.05, 0) is 30.3 Å². The van der Waals surface area contributed by atoms with E-state index in [2.05, 4.69) is 15.2 Å². The highest BCUT2D eigenvalue weighted by molar-refractivity contribution is 5.94. The van der Waals surface area contributed by atoms with Crippen molar-refractivity contribution in [3.05, 3.63) is 47.8 Å². The van der Waals surface area contributed by atoms with Gasteiger partial charge in [0.05, 0.1) is 40.1 Å². The van der Waals surface area contributed by atoms with Gasteiger partial charge in [-0.15, -0.1) is 0 Å². The Bertz CT molecular complexity index is 1170. The zero-order valence-corrected chi connectivity index (χ0v) is 18.5. The highest BCUT2D eigenvalue weighted by atomic mass is 19.4. The van der Waals surface area contributed by atoms with Crippen LogP contribution in [0.15, 0.2) is 36.5 Å². The Labute approximate surface area is 192 Å². The molecule has 1 aliphatic rings. The van der Waals surface area contributed by atoms with E-state index in [4.69, 9.17) is 18.9 Å². The van der Waals surface area contributed by atoms with Crippen molar-refractivity contribution in [2.75, 3.05) is 34.4 Å². The summed E-state index contributed by atoms with van der Waals surface area (Å²) in [5.74, 6) is 0.432. The second-order valence-electron chi connectivity index (χ2n) is 7.38. The molecule has 0 unspecified atom stereocenters. The number of methoxy groups -OCH3 is 3. The first kappa shape index (κ1) is 23.2. The number of aromatic nitrogens is 3. The van der Waals surface area contributed by atoms with Crippen molar-refractivity contribution in [3.8, 4) is 34.4 Å². The molecular weight excluding hydrogens is 457 g/mol. The third-order valence-corrected chi connectivity index (χ3v) is 5.26. The standard InChI is InChI=1S/C22H21F3N4O5/c1-31-17-7-12(8-18(32-2)19(17)33-3)15-9-16(28-27-15)21(30)29-10-13(11-29)34-20-14(22(23,24)25)5-4-6-26-20/h4-9,13H,10-11H2,1-3H3,(H,27,28). The Balaban J connectivity index is 1.44. The molecule has 0 bridgehead atoms. The fourth-order valence-corrected chi connectivity index (χ4v) is 3.52. The molecule has 34 heavy (non-hydrogen) atoms. The fraction of sp³-hybridized carbons (Fsp3) is 0.318. The Hall–Kier alpha value is -3.96. The van der Waals surface area contributed by atoms with Crippen LogP contribution in [0.3, 0.4) is 0 Å². The topological polar surface area (TPSA) is 98.8 Å². The number of nitrogens with one attached hydrogen (secondary N) is 1. The van der Waals surface area contributed by atoms with E-state index in [1.165, 1.54) is 38.5 Å². The molecular formula is C22H21F3N4O5. The van der Waals surface area contributed by atoms with Gasteiger partial charge in [0.15, 0.2) is 11.5 Å². The van der Waals surface area contributed by atoms with E-state index in [0.717, 1.165) is 6.07 Å². The zero-order valence-electron chi connectivity index (χ0n) is 18.5. The summed E-state index contributed by atoms with van der Waals surface area (Å²) < 4.78 is 60.7. The number of ether oxygens (including phenoxy) is 4. The predicted octanol–water partition coefficient (Wildman–Crippen LogP) is 3.42. The SMILES string of the molecule is COc1cc(-c2cc(C(=O)N3CC(Oc4ncccc4C(F)(F)F)C3)[nH]n2)cc(OC)c1OC. The molecule has 2 aromatic heterocycles. The van der Waals surface area contributed by atoms with Crippen molar-refractivity contribution in [1.29, 1.82) is 0 Å². The number of hydrogen-bond donors (Lipinski definition) is 1. The van der Waals surface area contributed by atoms with E-state index >= 15 is 0 Å². The molecule has 12 heteroatoms. The first-order chi connectivity index (χ1) is 16.2. The number of pyridine rings is 1. The lowest BCUT2D eigenvalue weighted by molar-refractivity contribution is -0.140. The van der Waals surface area contributed by atoms with E-state index in [1.807, 2.05) is 0 Å². The number of nitrogens with zero attached hydrogens (tertiary/aromatic N) is 3. The van der Waals surface area contributed by atoms with E-state index in [9.17, 15) is 18.0 Å². The molecule has 0 spiro atoms. The van der Waals surface area contributed by atoms with Gasteiger partial charge in [-0.25, -0.2) is 4.98 Å². The van der Waals surface area contributed by atoms with Gasteiger partial charge >= 0.3 is 6.18 Å². The third-order valence-electron chi connectivity index (χ3n) is 5.26. The van der Waals surface area contributed by atoms with Crippen LogP contribution < -0.4 is 18.9 Å². The average molecular weight is 478 g/mol. The van der Waals surface area contributed by atoms with Crippen molar-refractivity contribution in [2.24, 2.45) is 0 Å². The van der Waals surface area contributed by atoms with Gasteiger partial charge in [-0.3, -0.25) is 9.89 Å². The zero-order chi connectivity index (χ0) is 24.5. The van der Waals surface area contributed by atoms with Crippen molar-refractivity contribution >= 4 is 5.91 Å². The first-order valence-corrected chi connectivity index (χ1v) is 10.1. The van der Waals surface area contributed by atoms with E-state index in [0.29, 0.717) is 28.5 Å². The average Bonchev–Trinajstić information content (AvgIpc) is 3.29. The molecule has 0 saturated carbocycles. The number of amides is 1. The van der Waals surface area contributed by atoms with Crippen LogP contribution in [-0.4, -0.2) is 66.5 Å². The number of carbonyl (C=O) groups excluding carboxylic acids is 1. The second-order valence-corrected chi connectivity index (χ2v) is 7.38. The maximum atomic E-state index is 13.1. The minimum atomic E-state index is -4.58. The number of rotatable bonds is 7. The molecule has 0 atom stereocenters. The summed E-state index contributed by atoms with van der Waals surface area (Å²) in [4.78, 5) is 17.9. The van der Waals surface area contributed by atoms with Gasteiger partial charge in [0.2, 0.25) is 11.6 Å².